The van der Waals surface area contributed by atoms with Crippen LogP contribution in [0.3, 0.4) is 0 Å². The maximum Gasteiger partial charge on any atom is 0.337 e. The number of anilines is 2. The minimum atomic E-state index is -0.386. The molecule has 1 aromatic heterocycles. The summed E-state index contributed by atoms with van der Waals surface area (Å²) in [6.45, 7) is 1.69. The number of nitrogen functional groups attached to an aromatic ring is 1. The molecule has 0 fully saturated rings. The molecule has 0 atom stereocenters. The molecule has 0 aliphatic heterocycles. The van der Waals surface area contributed by atoms with Gasteiger partial charge in [0.25, 0.3) is 0 Å². The molecule has 6 heteroatoms. The molecule has 0 unspecified atom stereocenters. The fourth-order valence-electron chi connectivity index (χ4n) is 1.87. The van der Waals surface area contributed by atoms with Gasteiger partial charge < -0.3 is 20.4 Å². The monoisotopic (exact) mass is 274 g/mol. The number of nitrogens with one attached hydrogen (secondary N) is 1. The molecule has 2 rings (SSSR count). The highest BCUT2D eigenvalue weighted by Gasteiger charge is 2.07. The van der Waals surface area contributed by atoms with Crippen LogP contribution in [0, 0.1) is 0 Å². The maximum absolute atomic E-state index is 11.4. The number of aromatic nitrogens is 2. The van der Waals surface area contributed by atoms with Gasteiger partial charge in [-0.15, -0.1) is 0 Å². The third-order valence-corrected chi connectivity index (χ3v) is 2.94. The summed E-state index contributed by atoms with van der Waals surface area (Å²) in [5.74, 6) is -0.386. The van der Waals surface area contributed by atoms with Crippen molar-refractivity contribution in [2.75, 3.05) is 24.7 Å². The van der Waals surface area contributed by atoms with Crippen LogP contribution in [0.4, 0.5) is 11.4 Å². The van der Waals surface area contributed by atoms with Gasteiger partial charge in [0, 0.05) is 25.5 Å². The van der Waals surface area contributed by atoms with Crippen LogP contribution in [0.1, 0.15) is 16.8 Å². The first-order valence-electron chi connectivity index (χ1n) is 6.38. The van der Waals surface area contributed by atoms with E-state index in [-0.39, 0.29) is 5.97 Å². The number of hydrogen-bond acceptors (Lipinski definition) is 5. The molecule has 0 saturated heterocycles. The normalized spacial score (nSPS) is 10.2. The molecule has 6 nitrogen and oxygen atoms in total. The number of benzene rings is 1. The molecule has 3 N–H and O–H groups in total. The first-order valence-corrected chi connectivity index (χ1v) is 6.38. The van der Waals surface area contributed by atoms with Gasteiger partial charge in [-0.1, -0.05) is 0 Å². The number of methoxy groups -OCH3 is 1. The summed E-state index contributed by atoms with van der Waals surface area (Å²) in [6.07, 6.45) is 6.44. The fraction of sp³-hybridized carbons (Fsp3) is 0.286. The van der Waals surface area contributed by atoms with Gasteiger partial charge in [0.05, 0.1) is 30.4 Å². The van der Waals surface area contributed by atoms with Crippen molar-refractivity contribution in [2.45, 2.75) is 13.0 Å². The number of ether oxygens (including phenoxy) is 1. The van der Waals surface area contributed by atoms with Crippen molar-refractivity contribution >= 4 is 17.3 Å². The molecular weight excluding hydrogens is 256 g/mol. The minimum Gasteiger partial charge on any atom is -0.465 e. The number of imidazole rings is 1. The summed E-state index contributed by atoms with van der Waals surface area (Å²) in [5.41, 5.74) is 7.72. The molecule has 20 heavy (non-hydrogen) atoms. The summed E-state index contributed by atoms with van der Waals surface area (Å²) >= 11 is 0. The molecule has 0 aliphatic carbocycles. The number of carbonyl (C=O) groups excluding carboxylic acids is 1. The lowest BCUT2D eigenvalue weighted by Crippen LogP contribution is -2.08. The summed E-state index contributed by atoms with van der Waals surface area (Å²) in [4.78, 5) is 15.3. The van der Waals surface area contributed by atoms with E-state index in [9.17, 15) is 4.79 Å². The predicted octanol–water partition coefficient (Wildman–Crippen LogP) is 1.75. The second-order valence-corrected chi connectivity index (χ2v) is 4.37. The molecule has 106 valence electrons. The third-order valence-electron chi connectivity index (χ3n) is 2.94. The second-order valence-electron chi connectivity index (χ2n) is 4.37. The van der Waals surface area contributed by atoms with E-state index < -0.39 is 0 Å². The Bertz CT molecular complexity index is 567. The van der Waals surface area contributed by atoms with Gasteiger partial charge in [0.15, 0.2) is 0 Å². The van der Waals surface area contributed by atoms with E-state index in [0.29, 0.717) is 11.3 Å². The highest BCUT2D eigenvalue weighted by Crippen LogP contribution is 2.20. The van der Waals surface area contributed by atoms with Crippen molar-refractivity contribution in [1.82, 2.24) is 9.55 Å². The molecule has 0 bridgehead atoms. The first-order chi connectivity index (χ1) is 9.70. The summed E-state index contributed by atoms with van der Waals surface area (Å²) < 4.78 is 6.67. The third kappa shape index (κ3) is 3.50. The Morgan fingerprint density at radius 2 is 2.35 bits per heavy atom. The van der Waals surface area contributed by atoms with E-state index >= 15 is 0 Å². The minimum absolute atomic E-state index is 0.386. The number of esters is 1. The van der Waals surface area contributed by atoms with E-state index in [1.807, 2.05) is 10.8 Å². The number of rotatable bonds is 6. The molecule has 1 aromatic carbocycles. The summed E-state index contributed by atoms with van der Waals surface area (Å²) in [5, 5.41) is 3.25. The van der Waals surface area contributed by atoms with Crippen LogP contribution in [0.2, 0.25) is 0 Å². The number of hydrogen-bond donors (Lipinski definition) is 2. The predicted molar refractivity (Wildman–Crippen MR) is 77.5 cm³/mol. The molecular formula is C14H18N4O2. The zero-order valence-corrected chi connectivity index (χ0v) is 11.4. The molecule has 0 saturated carbocycles. The molecule has 1 heterocycles. The number of nitrogens with zero attached hydrogens (tertiary/aromatic N) is 2. The van der Waals surface area contributed by atoms with E-state index in [1.165, 1.54) is 7.11 Å². The number of carbonyl (C=O) groups is 1. The van der Waals surface area contributed by atoms with Crippen molar-refractivity contribution in [2.24, 2.45) is 0 Å². The van der Waals surface area contributed by atoms with Crippen molar-refractivity contribution < 1.29 is 9.53 Å². The van der Waals surface area contributed by atoms with Gasteiger partial charge in [-0.05, 0) is 24.6 Å². The van der Waals surface area contributed by atoms with Crippen molar-refractivity contribution in [3.63, 3.8) is 0 Å². The maximum atomic E-state index is 11.4. The molecule has 0 spiro atoms. The van der Waals surface area contributed by atoms with Gasteiger partial charge in [-0.3, -0.25) is 0 Å². The van der Waals surface area contributed by atoms with Gasteiger partial charge >= 0.3 is 5.97 Å². The molecule has 2 aromatic rings. The average molecular weight is 274 g/mol. The van der Waals surface area contributed by atoms with Crippen LogP contribution < -0.4 is 11.1 Å². The molecule has 0 amide bonds. The fourth-order valence-corrected chi connectivity index (χ4v) is 1.87. The standard InChI is InChI=1S/C14H18N4O2/c1-20-14(19)11-3-4-13(12(15)9-11)17-5-2-7-18-8-6-16-10-18/h3-4,6,8-10,17H,2,5,7,15H2,1H3. The topological polar surface area (TPSA) is 82.2 Å². The van der Waals surface area contributed by atoms with Crippen LogP contribution in [0.15, 0.2) is 36.9 Å². The largest absolute Gasteiger partial charge is 0.465 e. The quantitative estimate of drug-likeness (QED) is 0.476. The van der Waals surface area contributed by atoms with Gasteiger partial charge in [0.1, 0.15) is 0 Å². The molecule has 0 radical (unpaired) electrons. The Morgan fingerprint density at radius 1 is 1.50 bits per heavy atom. The SMILES string of the molecule is COC(=O)c1ccc(NCCCn2ccnc2)c(N)c1. The van der Waals surface area contributed by atoms with Crippen molar-refractivity contribution in [3.05, 3.63) is 42.5 Å². The summed E-state index contributed by atoms with van der Waals surface area (Å²) in [6, 6.07) is 5.10. The van der Waals surface area contributed by atoms with E-state index in [0.717, 1.165) is 25.2 Å². The smallest absolute Gasteiger partial charge is 0.337 e. The lowest BCUT2D eigenvalue weighted by Gasteiger charge is -2.10. The van der Waals surface area contributed by atoms with E-state index in [1.54, 1.807) is 30.7 Å². The van der Waals surface area contributed by atoms with Crippen molar-refractivity contribution in [1.29, 1.82) is 0 Å². The Labute approximate surface area is 117 Å². The zero-order chi connectivity index (χ0) is 14.4. The molecule has 0 aliphatic rings. The Morgan fingerprint density at radius 3 is 3.00 bits per heavy atom. The van der Waals surface area contributed by atoms with E-state index in [2.05, 4.69) is 15.0 Å². The van der Waals surface area contributed by atoms with Crippen molar-refractivity contribution in [3.8, 4) is 0 Å². The second kappa shape index (κ2) is 6.60. The number of nitrogens with two attached hydrogens (primary N) is 1. The van der Waals surface area contributed by atoms with Crippen LogP contribution in [-0.4, -0.2) is 29.2 Å². The van der Waals surface area contributed by atoms with Crippen LogP contribution in [0.5, 0.6) is 0 Å². The Hall–Kier alpha value is -2.50. The van der Waals surface area contributed by atoms with E-state index in [4.69, 9.17) is 5.73 Å². The average Bonchev–Trinajstić information content (AvgIpc) is 2.97. The van der Waals surface area contributed by atoms with Crippen LogP contribution in [-0.2, 0) is 11.3 Å². The summed E-state index contributed by atoms with van der Waals surface area (Å²) in [7, 11) is 1.35. The Kier molecular flexibility index (Phi) is 4.60. The lowest BCUT2D eigenvalue weighted by atomic mass is 10.1. The first kappa shape index (κ1) is 13.9. The van der Waals surface area contributed by atoms with Gasteiger partial charge in [0.2, 0.25) is 0 Å². The zero-order valence-electron chi connectivity index (χ0n) is 11.4. The van der Waals surface area contributed by atoms with Crippen LogP contribution in [0.25, 0.3) is 0 Å². The highest BCUT2D eigenvalue weighted by atomic mass is 16.5. The Balaban J connectivity index is 1.85. The van der Waals surface area contributed by atoms with Gasteiger partial charge in [-0.2, -0.15) is 0 Å². The lowest BCUT2D eigenvalue weighted by molar-refractivity contribution is 0.0601. The highest BCUT2D eigenvalue weighted by molar-refractivity contribution is 5.91. The van der Waals surface area contributed by atoms with Crippen LogP contribution >= 0.6 is 0 Å². The van der Waals surface area contributed by atoms with Gasteiger partial charge in [-0.25, -0.2) is 9.78 Å². The number of aryl methyl sites for hydroxylation is 1.